The standard InChI is InChI=1S/C11H7F3O2S/c1-6-7-4-2-3-5-8(7)16-10(15)9(6)17-11(12,13)14/h2-5H,1H3. The monoisotopic (exact) mass is 260 g/mol. The van der Waals surface area contributed by atoms with Crippen LogP contribution in [0.4, 0.5) is 13.2 Å². The van der Waals surface area contributed by atoms with Gasteiger partial charge in [-0.1, -0.05) is 18.2 Å². The zero-order chi connectivity index (χ0) is 12.6. The fraction of sp³-hybridized carbons (Fsp3) is 0.182. The smallest absolute Gasteiger partial charge is 0.422 e. The van der Waals surface area contributed by atoms with Gasteiger partial charge in [0.15, 0.2) is 0 Å². The summed E-state index contributed by atoms with van der Waals surface area (Å²) in [6, 6.07) is 6.50. The molecule has 0 aliphatic carbocycles. The summed E-state index contributed by atoms with van der Waals surface area (Å²) in [5.41, 5.74) is -4.87. The molecule has 6 heteroatoms. The van der Waals surface area contributed by atoms with Gasteiger partial charge in [0, 0.05) is 5.39 Å². The van der Waals surface area contributed by atoms with E-state index in [4.69, 9.17) is 4.42 Å². The lowest BCUT2D eigenvalue weighted by Crippen LogP contribution is -2.10. The molecule has 2 aromatic rings. The molecular weight excluding hydrogens is 253 g/mol. The van der Waals surface area contributed by atoms with Gasteiger partial charge in [-0.05, 0) is 30.3 Å². The van der Waals surface area contributed by atoms with Crippen LogP contribution >= 0.6 is 11.8 Å². The van der Waals surface area contributed by atoms with Crippen molar-refractivity contribution in [1.82, 2.24) is 0 Å². The van der Waals surface area contributed by atoms with Crippen molar-refractivity contribution in [3.8, 4) is 0 Å². The Kier molecular flexibility index (Phi) is 2.91. The zero-order valence-electron chi connectivity index (χ0n) is 8.67. The Bertz CT molecular complexity index is 616. The van der Waals surface area contributed by atoms with Crippen LogP contribution in [0, 0.1) is 6.92 Å². The molecule has 1 aromatic carbocycles. The molecule has 0 aliphatic heterocycles. The molecular formula is C11H7F3O2S. The molecule has 90 valence electrons. The van der Waals surface area contributed by atoms with Crippen LogP contribution in [0.25, 0.3) is 11.0 Å². The Morgan fingerprint density at radius 3 is 2.53 bits per heavy atom. The van der Waals surface area contributed by atoms with Crippen LogP contribution in [0.5, 0.6) is 0 Å². The third-order valence-electron chi connectivity index (χ3n) is 2.24. The maximum absolute atomic E-state index is 12.3. The Hall–Kier alpha value is -1.43. The molecule has 0 radical (unpaired) electrons. The highest BCUT2D eigenvalue weighted by molar-refractivity contribution is 8.00. The number of aryl methyl sites for hydroxylation is 1. The molecule has 0 saturated carbocycles. The Balaban J connectivity index is 2.68. The largest absolute Gasteiger partial charge is 0.446 e. The maximum atomic E-state index is 12.3. The maximum Gasteiger partial charge on any atom is 0.446 e. The van der Waals surface area contributed by atoms with E-state index in [0.717, 1.165) is 0 Å². The molecule has 17 heavy (non-hydrogen) atoms. The van der Waals surface area contributed by atoms with Gasteiger partial charge in [-0.3, -0.25) is 0 Å². The van der Waals surface area contributed by atoms with Crippen molar-refractivity contribution in [2.24, 2.45) is 0 Å². The molecule has 2 rings (SSSR count). The molecule has 1 aromatic heterocycles. The summed E-state index contributed by atoms with van der Waals surface area (Å²) >= 11 is -0.437. The van der Waals surface area contributed by atoms with E-state index in [0.29, 0.717) is 16.5 Å². The zero-order valence-corrected chi connectivity index (χ0v) is 9.48. The van der Waals surface area contributed by atoms with Crippen LogP contribution in [0.1, 0.15) is 5.56 Å². The van der Waals surface area contributed by atoms with Crippen molar-refractivity contribution in [3.05, 3.63) is 40.2 Å². The molecule has 0 fully saturated rings. The van der Waals surface area contributed by atoms with E-state index in [9.17, 15) is 18.0 Å². The summed E-state index contributed by atoms with van der Waals surface area (Å²) < 4.78 is 41.7. The van der Waals surface area contributed by atoms with E-state index in [1.54, 1.807) is 24.3 Å². The molecule has 0 unspecified atom stereocenters. The molecule has 1 heterocycles. The first kappa shape index (κ1) is 12.0. The number of hydrogen-bond donors (Lipinski definition) is 0. The molecule has 0 bridgehead atoms. The quantitative estimate of drug-likeness (QED) is 0.578. The number of benzene rings is 1. The van der Waals surface area contributed by atoms with Crippen LogP contribution in [-0.2, 0) is 0 Å². The fourth-order valence-corrected chi connectivity index (χ4v) is 2.14. The van der Waals surface area contributed by atoms with Crippen molar-refractivity contribution in [1.29, 1.82) is 0 Å². The van der Waals surface area contributed by atoms with Crippen LogP contribution < -0.4 is 5.63 Å². The highest BCUT2D eigenvalue weighted by Gasteiger charge is 2.32. The minimum Gasteiger partial charge on any atom is -0.422 e. The Morgan fingerprint density at radius 2 is 1.88 bits per heavy atom. The second-order valence-electron chi connectivity index (χ2n) is 3.39. The predicted molar refractivity (Wildman–Crippen MR) is 59.1 cm³/mol. The molecule has 2 nitrogen and oxygen atoms in total. The van der Waals surface area contributed by atoms with E-state index < -0.39 is 27.8 Å². The summed E-state index contributed by atoms with van der Waals surface area (Å²) in [4.78, 5) is 11.0. The van der Waals surface area contributed by atoms with Gasteiger partial charge in [-0.15, -0.1) is 0 Å². The van der Waals surface area contributed by atoms with Crippen LogP contribution in [0.15, 0.2) is 38.4 Å². The highest BCUT2D eigenvalue weighted by atomic mass is 32.2. The number of para-hydroxylation sites is 1. The Labute approximate surface area is 98.4 Å². The van der Waals surface area contributed by atoms with Crippen LogP contribution in [-0.4, -0.2) is 5.51 Å². The number of alkyl halides is 3. The number of rotatable bonds is 1. The lowest BCUT2D eigenvalue weighted by Gasteiger charge is -2.08. The van der Waals surface area contributed by atoms with Gasteiger partial charge in [-0.2, -0.15) is 13.2 Å². The van der Waals surface area contributed by atoms with Gasteiger partial charge in [0.2, 0.25) is 0 Å². The molecule has 0 amide bonds. The molecule has 0 N–H and O–H groups in total. The molecule has 0 aliphatic rings. The van der Waals surface area contributed by atoms with Gasteiger partial charge >= 0.3 is 11.1 Å². The number of hydrogen-bond acceptors (Lipinski definition) is 3. The molecule has 0 spiro atoms. The first-order valence-electron chi connectivity index (χ1n) is 4.66. The van der Waals surface area contributed by atoms with Gasteiger partial charge in [0.05, 0.1) is 0 Å². The third-order valence-corrected chi connectivity index (χ3v) is 3.15. The van der Waals surface area contributed by atoms with Crippen LogP contribution in [0.3, 0.4) is 0 Å². The summed E-state index contributed by atoms with van der Waals surface area (Å²) in [6.07, 6.45) is 0. The molecule has 0 saturated heterocycles. The van der Waals surface area contributed by atoms with E-state index in [2.05, 4.69) is 0 Å². The average molecular weight is 260 g/mol. The fourth-order valence-electron chi connectivity index (χ4n) is 1.52. The summed E-state index contributed by atoms with van der Waals surface area (Å²) in [5, 5.41) is 0.513. The first-order chi connectivity index (χ1) is 7.88. The van der Waals surface area contributed by atoms with E-state index >= 15 is 0 Å². The lowest BCUT2D eigenvalue weighted by atomic mass is 10.1. The summed E-state index contributed by atoms with van der Waals surface area (Å²) in [5.74, 6) is 0. The van der Waals surface area contributed by atoms with Crippen molar-refractivity contribution in [2.45, 2.75) is 17.3 Å². The second-order valence-corrected chi connectivity index (χ2v) is 4.46. The topological polar surface area (TPSA) is 30.2 Å². The number of thioether (sulfide) groups is 1. The summed E-state index contributed by atoms with van der Waals surface area (Å²) in [6.45, 7) is 1.48. The van der Waals surface area contributed by atoms with Gasteiger partial charge in [0.25, 0.3) is 0 Å². The van der Waals surface area contributed by atoms with Gasteiger partial charge < -0.3 is 4.42 Å². The average Bonchev–Trinajstić information content (AvgIpc) is 2.23. The minimum absolute atomic E-state index is 0.291. The van der Waals surface area contributed by atoms with E-state index in [1.165, 1.54) is 6.92 Å². The van der Waals surface area contributed by atoms with E-state index in [1.807, 2.05) is 0 Å². The lowest BCUT2D eigenvalue weighted by molar-refractivity contribution is -0.0329. The van der Waals surface area contributed by atoms with Crippen molar-refractivity contribution >= 4 is 22.7 Å². The van der Waals surface area contributed by atoms with Gasteiger partial charge in [-0.25, -0.2) is 4.79 Å². The summed E-state index contributed by atoms with van der Waals surface area (Å²) in [7, 11) is 0. The van der Waals surface area contributed by atoms with Crippen LogP contribution in [0.2, 0.25) is 0 Å². The Morgan fingerprint density at radius 1 is 1.24 bits per heavy atom. The normalized spacial score (nSPS) is 12.0. The van der Waals surface area contributed by atoms with Crippen molar-refractivity contribution in [3.63, 3.8) is 0 Å². The number of halogens is 3. The highest BCUT2D eigenvalue weighted by Crippen LogP contribution is 2.38. The second kappa shape index (κ2) is 4.10. The van der Waals surface area contributed by atoms with Gasteiger partial charge in [0.1, 0.15) is 10.5 Å². The van der Waals surface area contributed by atoms with Crippen molar-refractivity contribution < 1.29 is 17.6 Å². The third kappa shape index (κ3) is 2.46. The van der Waals surface area contributed by atoms with Crippen molar-refractivity contribution in [2.75, 3.05) is 0 Å². The minimum atomic E-state index is -4.50. The number of fused-ring (bicyclic) bond motifs is 1. The predicted octanol–water partition coefficient (Wildman–Crippen LogP) is 3.71. The van der Waals surface area contributed by atoms with E-state index in [-0.39, 0.29) is 0 Å². The molecule has 0 atom stereocenters. The first-order valence-corrected chi connectivity index (χ1v) is 5.48. The SMILES string of the molecule is Cc1c(SC(F)(F)F)c(=O)oc2ccccc12.